The maximum Gasteiger partial charge on any atom is 0.240 e. The normalized spacial score (nSPS) is 27.9. The number of fused-ring (bicyclic) bond motifs is 3. The zero-order valence-corrected chi connectivity index (χ0v) is 32.4. The number of carbonyl (C=O) groups is 3. The number of rotatable bonds is 8. The van der Waals surface area contributed by atoms with Crippen LogP contribution in [0.2, 0.25) is 0 Å². The number of hydrogen-bond donors (Lipinski definition) is 1. The fraction of sp³-hybridized carbons (Fsp3) is 0.575. The van der Waals surface area contributed by atoms with Crippen LogP contribution in [0.15, 0.2) is 42.6 Å². The molecule has 3 heterocycles. The van der Waals surface area contributed by atoms with Crippen LogP contribution in [-0.4, -0.2) is 77.2 Å². The minimum Gasteiger partial charge on any atom is -0.496 e. The molecule has 4 aliphatic rings. The van der Waals surface area contributed by atoms with Gasteiger partial charge in [0.1, 0.15) is 23.4 Å². The number of amides is 2. The van der Waals surface area contributed by atoms with Crippen molar-refractivity contribution in [3.8, 4) is 17.3 Å². The third-order valence-electron chi connectivity index (χ3n) is 12.1. The number of nitrogens with zero attached hydrogens (tertiary/aromatic N) is 4. The Morgan fingerprint density at radius 2 is 1.83 bits per heavy atom. The van der Waals surface area contributed by atoms with E-state index in [0.29, 0.717) is 55.1 Å². The lowest BCUT2D eigenvalue weighted by molar-refractivity contribution is -0.140. The summed E-state index contributed by atoms with van der Waals surface area (Å²) in [5.74, 6) is -0.490. The van der Waals surface area contributed by atoms with Gasteiger partial charge in [0, 0.05) is 49.1 Å². The van der Waals surface area contributed by atoms with E-state index in [1.807, 2.05) is 49.5 Å². The van der Waals surface area contributed by atoms with Crippen LogP contribution in [0, 0.1) is 30.1 Å². The van der Waals surface area contributed by atoms with Crippen molar-refractivity contribution in [3.05, 3.63) is 53.9 Å². The van der Waals surface area contributed by atoms with E-state index >= 15 is 0 Å². The maximum absolute atomic E-state index is 14.4. The first-order chi connectivity index (χ1) is 25.2. The first-order valence-corrected chi connectivity index (χ1v) is 20.4. The van der Waals surface area contributed by atoms with Gasteiger partial charge in [0.25, 0.3) is 0 Å². The van der Waals surface area contributed by atoms with Gasteiger partial charge >= 0.3 is 0 Å². The van der Waals surface area contributed by atoms with Crippen LogP contribution in [0.25, 0.3) is 16.7 Å². The molecule has 1 aliphatic heterocycles. The summed E-state index contributed by atoms with van der Waals surface area (Å²) in [5, 5.41) is 5.52. The lowest BCUT2D eigenvalue weighted by atomic mass is 9.84. The van der Waals surface area contributed by atoms with E-state index in [2.05, 4.69) is 18.6 Å². The van der Waals surface area contributed by atoms with Crippen molar-refractivity contribution < 1.29 is 32.3 Å². The molecule has 0 spiro atoms. The van der Waals surface area contributed by atoms with Crippen LogP contribution < -0.4 is 14.2 Å². The second-order valence-corrected chi connectivity index (χ2v) is 18.4. The van der Waals surface area contributed by atoms with Gasteiger partial charge < -0.3 is 14.4 Å². The number of aromatic nitrogens is 3. The molecule has 7 rings (SSSR count). The van der Waals surface area contributed by atoms with Gasteiger partial charge in [-0.3, -0.25) is 19.1 Å². The fourth-order valence-electron chi connectivity index (χ4n) is 8.10. The molecule has 3 fully saturated rings. The van der Waals surface area contributed by atoms with Crippen molar-refractivity contribution in [2.75, 3.05) is 20.7 Å². The molecule has 53 heavy (non-hydrogen) atoms. The number of sulfonamides is 1. The van der Waals surface area contributed by atoms with E-state index in [9.17, 15) is 22.8 Å². The lowest BCUT2D eigenvalue weighted by Crippen LogP contribution is -2.44. The largest absolute Gasteiger partial charge is 0.496 e. The molecular weight excluding hydrogens is 695 g/mol. The van der Waals surface area contributed by atoms with Crippen LogP contribution in [0.1, 0.15) is 95.7 Å². The van der Waals surface area contributed by atoms with Gasteiger partial charge in [-0.2, -0.15) is 5.10 Å². The molecule has 3 aromatic rings. The zero-order valence-electron chi connectivity index (χ0n) is 31.6. The zero-order chi connectivity index (χ0) is 37.9. The number of ether oxygens (including phenoxy) is 2. The highest BCUT2D eigenvalue weighted by Gasteiger charge is 2.62. The van der Waals surface area contributed by atoms with Crippen LogP contribution in [0.5, 0.6) is 11.5 Å². The predicted octanol–water partition coefficient (Wildman–Crippen LogP) is 5.80. The van der Waals surface area contributed by atoms with Gasteiger partial charge in [-0.25, -0.2) is 18.1 Å². The van der Waals surface area contributed by atoms with Crippen molar-refractivity contribution >= 4 is 38.5 Å². The average molecular weight is 746 g/mol. The Labute approximate surface area is 311 Å². The number of Topliss-reactive ketones (excluding diaryl/α,β-unsaturated/α-hetero) is 1. The molecule has 2 aromatic heterocycles. The Bertz CT molecular complexity index is 2090. The molecule has 0 unspecified atom stereocenters. The van der Waals surface area contributed by atoms with Crippen molar-refractivity contribution in [2.45, 2.75) is 102 Å². The quantitative estimate of drug-likeness (QED) is 0.283. The average Bonchev–Trinajstić information content (AvgIpc) is 3.89. The van der Waals surface area contributed by atoms with Crippen molar-refractivity contribution in [1.82, 2.24) is 24.4 Å². The minimum absolute atomic E-state index is 0.115. The van der Waals surface area contributed by atoms with Crippen molar-refractivity contribution in [2.24, 2.45) is 23.2 Å². The van der Waals surface area contributed by atoms with Gasteiger partial charge in [-0.05, 0) is 95.2 Å². The second-order valence-electron chi connectivity index (χ2n) is 16.2. The summed E-state index contributed by atoms with van der Waals surface area (Å²) < 4.78 is 41.8. The Balaban J connectivity index is 1.21. The molecule has 12 nitrogen and oxygen atoms in total. The Hall–Kier alpha value is -4.26. The third kappa shape index (κ3) is 6.97. The van der Waals surface area contributed by atoms with Crippen molar-refractivity contribution in [3.63, 3.8) is 0 Å². The number of nitrogens with one attached hydrogen (secondary N) is 1. The summed E-state index contributed by atoms with van der Waals surface area (Å²) in [6, 6.07) is 7.59. The van der Waals surface area contributed by atoms with Gasteiger partial charge in [0.15, 0.2) is 5.82 Å². The molecule has 0 saturated heterocycles. The number of methoxy groups -OCH3 is 1. The summed E-state index contributed by atoms with van der Waals surface area (Å²) in [6.45, 7) is 8.31. The minimum atomic E-state index is -3.89. The number of hydrogen-bond acceptors (Lipinski definition) is 9. The van der Waals surface area contributed by atoms with E-state index in [1.165, 1.54) is 0 Å². The highest BCUT2D eigenvalue weighted by Crippen LogP contribution is 2.58. The van der Waals surface area contributed by atoms with E-state index in [1.54, 1.807) is 30.7 Å². The molecule has 3 aliphatic carbocycles. The van der Waals surface area contributed by atoms with Crippen molar-refractivity contribution in [1.29, 1.82) is 0 Å². The van der Waals surface area contributed by atoms with E-state index < -0.39 is 44.0 Å². The van der Waals surface area contributed by atoms with E-state index in [0.717, 1.165) is 35.9 Å². The molecule has 2 amide bonds. The molecule has 1 N–H and O–H groups in total. The number of benzene rings is 1. The third-order valence-corrected chi connectivity index (χ3v) is 14.3. The number of ketones is 1. The fourth-order valence-corrected chi connectivity index (χ4v) is 9.43. The molecule has 5 atom stereocenters. The molecule has 13 heteroatoms. The molecule has 3 saturated carbocycles. The smallest absolute Gasteiger partial charge is 0.240 e. The summed E-state index contributed by atoms with van der Waals surface area (Å²) in [4.78, 5) is 49.1. The van der Waals surface area contributed by atoms with Crippen LogP contribution in [-0.2, 0) is 24.4 Å². The monoisotopic (exact) mass is 745 g/mol. The van der Waals surface area contributed by atoms with E-state index in [4.69, 9.17) is 19.6 Å². The lowest BCUT2D eigenvalue weighted by Gasteiger charge is -2.26. The Kier molecular flexibility index (Phi) is 9.70. The maximum atomic E-state index is 14.4. The summed E-state index contributed by atoms with van der Waals surface area (Å²) in [5.41, 5.74) is 1.29. The first kappa shape index (κ1) is 37.1. The molecule has 0 radical (unpaired) electrons. The van der Waals surface area contributed by atoms with Crippen LogP contribution in [0.3, 0.4) is 0 Å². The highest BCUT2D eigenvalue weighted by molar-refractivity contribution is 7.91. The van der Waals surface area contributed by atoms with Crippen LogP contribution >= 0.6 is 0 Å². The standard InChI is InChI=1S/C40H51N5O7S/c1-24(2)31-14-18-45(42-31)35-21-34(28-12-13-33(51-6)25(3)36(28)41-35)52-27-19-29-30(20-27)37(47)44(5)17-10-8-7-9-11-26-22-40(26,23-32(29)46)38(48)43-53(49,50)39(4)15-16-39/h9,11-14,18,21,24,26-27,29-30H,7-8,10,15-17,19-20,22-23H2,1-6H3,(H,43,48)/b11-9-/t26-,27-,29-,30-,40-/m1/s1. The SMILES string of the molecule is COc1ccc2c(O[C@@H]3C[C@H]4C(=O)C[C@]5(C(=O)NS(=O)(=O)C6(C)CC6)C[C@H]5/C=C\CCCCN(C)C(=O)[C@@H]4C3)cc(-n3ccc(C(C)C)n3)nc2c1C. The molecule has 0 bridgehead atoms. The van der Waals surface area contributed by atoms with Gasteiger partial charge in [-0.1, -0.05) is 26.0 Å². The van der Waals surface area contributed by atoms with E-state index in [-0.39, 0.29) is 36.4 Å². The summed E-state index contributed by atoms with van der Waals surface area (Å²) in [7, 11) is -0.491. The highest BCUT2D eigenvalue weighted by atomic mass is 32.2. The molecule has 1 aromatic carbocycles. The first-order valence-electron chi connectivity index (χ1n) is 18.9. The number of aryl methyl sites for hydroxylation is 1. The molecular formula is C40H51N5O7S. The van der Waals surface area contributed by atoms with Crippen LogP contribution in [0.4, 0.5) is 0 Å². The second kappa shape index (κ2) is 13.9. The Morgan fingerprint density at radius 3 is 2.53 bits per heavy atom. The predicted molar refractivity (Wildman–Crippen MR) is 200 cm³/mol. The number of allylic oxidation sites excluding steroid dienone is 2. The summed E-state index contributed by atoms with van der Waals surface area (Å²) in [6.07, 6.45) is 9.66. The van der Waals surface area contributed by atoms with Gasteiger partial charge in [0.05, 0.1) is 34.4 Å². The van der Waals surface area contributed by atoms with Gasteiger partial charge in [0.2, 0.25) is 21.8 Å². The topological polar surface area (TPSA) is 150 Å². The molecule has 284 valence electrons. The number of pyridine rings is 1. The number of carbonyl (C=O) groups excluding carboxylic acids is 3. The van der Waals surface area contributed by atoms with Gasteiger partial charge in [-0.15, -0.1) is 0 Å². The Morgan fingerprint density at radius 1 is 1.08 bits per heavy atom. The summed E-state index contributed by atoms with van der Waals surface area (Å²) >= 11 is 0.